The van der Waals surface area contributed by atoms with Crippen LogP contribution in [0.4, 0.5) is 5.13 Å². The SMILES string of the molecule is CCc1ncc(CNc2nc(C)ns2)s1. The fourth-order valence-corrected chi connectivity index (χ4v) is 2.50. The van der Waals surface area contributed by atoms with Crippen LogP contribution in [0.15, 0.2) is 6.20 Å². The van der Waals surface area contributed by atoms with Crippen LogP contribution >= 0.6 is 22.9 Å². The maximum Gasteiger partial charge on any atom is 0.202 e. The molecule has 2 rings (SSSR count). The Morgan fingerprint density at radius 1 is 1.47 bits per heavy atom. The molecule has 2 heterocycles. The first-order valence-corrected chi connectivity index (χ1v) is 6.34. The van der Waals surface area contributed by atoms with Crippen LogP contribution < -0.4 is 5.32 Å². The number of aryl methyl sites for hydroxylation is 2. The van der Waals surface area contributed by atoms with Crippen molar-refractivity contribution in [3.05, 3.63) is 21.9 Å². The third-order valence-corrected chi connectivity index (χ3v) is 3.75. The molecule has 0 aliphatic rings. The molecule has 2 aromatic heterocycles. The van der Waals surface area contributed by atoms with E-state index in [0.29, 0.717) is 0 Å². The molecule has 1 N–H and O–H groups in total. The highest BCUT2D eigenvalue weighted by molar-refractivity contribution is 7.11. The first-order valence-electron chi connectivity index (χ1n) is 4.75. The van der Waals surface area contributed by atoms with E-state index < -0.39 is 0 Å². The second-order valence-corrected chi connectivity index (χ2v) is 5.03. The van der Waals surface area contributed by atoms with Gasteiger partial charge in [0.15, 0.2) is 0 Å². The molecule has 0 aliphatic heterocycles. The summed E-state index contributed by atoms with van der Waals surface area (Å²) in [5.41, 5.74) is 0. The van der Waals surface area contributed by atoms with Gasteiger partial charge in [-0.2, -0.15) is 4.37 Å². The second kappa shape index (κ2) is 4.67. The number of anilines is 1. The predicted molar refractivity (Wildman–Crippen MR) is 63.5 cm³/mol. The topological polar surface area (TPSA) is 50.7 Å². The third kappa shape index (κ3) is 2.73. The monoisotopic (exact) mass is 240 g/mol. The highest BCUT2D eigenvalue weighted by Gasteiger charge is 2.02. The second-order valence-electron chi connectivity index (χ2n) is 3.07. The van der Waals surface area contributed by atoms with Gasteiger partial charge in [-0.15, -0.1) is 11.3 Å². The molecule has 0 fully saturated rings. The summed E-state index contributed by atoms with van der Waals surface area (Å²) in [6, 6.07) is 0. The van der Waals surface area contributed by atoms with E-state index in [1.165, 1.54) is 21.4 Å². The Labute approximate surface area is 96.6 Å². The van der Waals surface area contributed by atoms with Crippen molar-refractivity contribution >= 4 is 28.0 Å². The standard InChI is InChI=1S/C9H12N4S2/c1-3-8-10-4-7(14-8)5-11-9-12-6(2)13-15-9/h4H,3,5H2,1-2H3,(H,11,12,13). The van der Waals surface area contributed by atoms with Crippen molar-refractivity contribution in [1.29, 1.82) is 0 Å². The van der Waals surface area contributed by atoms with Gasteiger partial charge in [-0.3, -0.25) is 0 Å². The Bertz CT molecular complexity index is 435. The van der Waals surface area contributed by atoms with Crippen molar-refractivity contribution < 1.29 is 0 Å². The molecule has 4 nitrogen and oxygen atoms in total. The Balaban J connectivity index is 1.93. The van der Waals surface area contributed by atoms with Crippen LogP contribution in [0.3, 0.4) is 0 Å². The first-order chi connectivity index (χ1) is 7.28. The molecule has 15 heavy (non-hydrogen) atoms. The number of thiazole rings is 1. The maximum atomic E-state index is 4.30. The van der Waals surface area contributed by atoms with Crippen molar-refractivity contribution in [2.75, 3.05) is 5.32 Å². The molecule has 0 saturated carbocycles. The van der Waals surface area contributed by atoms with Crippen molar-refractivity contribution in [3.63, 3.8) is 0 Å². The lowest BCUT2D eigenvalue weighted by Crippen LogP contribution is -1.96. The molecule has 0 saturated heterocycles. The fourth-order valence-electron chi connectivity index (χ4n) is 1.12. The van der Waals surface area contributed by atoms with Crippen molar-refractivity contribution in [2.24, 2.45) is 0 Å². The number of nitrogens with one attached hydrogen (secondary N) is 1. The highest BCUT2D eigenvalue weighted by Crippen LogP contribution is 2.16. The molecule has 0 spiro atoms. The smallest absolute Gasteiger partial charge is 0.202 e. The summed E-state index contributed by atoms with van der Waals surface area (Å²) in [5.74, 6) is 0.820. The molecule has 2 aromatic rings. The normalized spacial score (nSPS) is 10.5. The quantitative estimate of drug-likeness (QED) is 0.892. The van der Waals surface area contributed by atoms with E-state index in [1.54, 1.807) is 11.3 Å². The molecule has 0 aromatic carbocycles. The Hall–Kier alpha value is -1.01. The van der Waals surface area contributed by atoms with Crippen molar-refractivity contribution in [1.82, 2.24) is 14.3 Å². The molecular weight excluding hydrogens is 228 g/mol. The van der Waals surface area contributed by atoms with E-state index in [1.807, 2.05) is 13.1 Å². The van der Waals surface area contributed by atoms with Crippen LogP contribution in [0.1, 0.15) is 22.6 Å². The zero-order valence-corrected chi connectivity index (χ0v) is 10.3. The van der Waals surface area contributed by atoms with E-state index in [2.05, 4.69) is 26.6 Å². The van der Waals surface area contributed by atoms with E-state index in [-0.39, 0.29) is 0 Å². The molecule has 0 bridgehead atoms. The largest absolute Gasteiger partial charge is 0.355 e. The molecule has 0 amide bonds. The van der Waals surface area contributed by atoms with Gasteiger partial charge in [0.1, 0.15) is 5.82 Å². The minimum Gasteiger partial charge on any atom is -0.355 e. The first kappa shape index (κ1) is 10.5. The van der Waals surface area contributed by atoms with E-state index in [0.717, 1.165) is 23.9 Å². The zero-order chi connectivity index (χ0) is 10.7. The lowest BCUT2D eigenvalue weighted by atomic mass is 10.5. The lowest BCUT2D eigenvalue weighted by Gasteiger charge is -1.96. The summed E-state index contributed by atoms with van der Waals surface area (Å²) >= 11 is 3.14. The van der Waals surface area contributed by atoms with E-state index in [4.69, 9.17) is 0 Å². The van der Waals surface area contributed by atoms with Gasteiger partial charge >= 0.3 is 0 Å². The van der Waals surface area contributed by atoms with Gasteiger partial charge < -0.3 is 5.32 Å². The Morgan fingerprint density at radius 2 is 2.33 bits per heavy atom. The number of aromatic nitrogens is 3. The highest BCUT2D eigenvalue weighted by atomic mass is 32.1. The van der Waals surface area contributed by atoms with E-state index in [9.17, 15) is 0 Å². The number of hydrogen-bond acceptors (Lipinski definition) is 6. The predicted octanol–water partition coefficient (Wildman–Crippen LogP) is 2.48. The van der Waals surface area contributed by atoms with Gasteiger partial charge in [-0.25, -0.2) is 9.97 Å². The average Bonchev–Trinajstić information content (AvgIpc) is 2.83. The molecule has 6 heteroatoms. The van der Waals surface area contributed by atoms with Crippen molar-refractivity contribution in [3.8, 4) is 0 Å². The molecule has 80 valence electrons. The lowest BCUT2D eigenvalue weighted by molar-refractivity contribution is 1.08. The van der Waals surface area contributed by atoms with Gasteiger partial charge in [0.05, 0.1) is 11.6 Å². The van der Waals surface area contributed by atoms with Crippen LogP contribution in [-0.2, 0) is 13.0 Å². The van der Waals surface area contributed by atoms with Gasteiger partial charge in [0.2, 0.25) is 5.13 Å². The molecule has 0 atom stereocenters. The minimum atomic E-state index is 0.784. The minimum absolute atomic E-state index is 0.784. The van der Waals surface area contributed by atoms with Gasteiger partial charge in [0, 0.05) is 22.6 Å². The molecule has 0 aliphatic carbocycles. The molecule has 0 radical (unpaired) electrons. The third-order valence-electron chi connectivity index (χ3n) is 1.85. The molecule has 0 unspecified atom stereocenters. The van der Waals surface area contributed by atoms with E-state index >= 15 is 0 Å². The number of hydrogen-bond donors (Lipinski definition) is 1. The van der Waals surface area contributed by atoms with Crippen LogP contribution in [0.2, 0.25) is 0 Å². The fraction of sp³-hybridized carbons (Fsp3) is 0.444. The van der Waals surface area contributed by atoms with Crippen molar-refractivity contribution in [2.45, 2.75) is 26.8 Å². The summed E-state index contributed by atoms with van der Waals surface area (Å²) < 4.78 is 4.11. The maximum absolute atomic E-state index is 4.30. The van der Waals surface area contributed by atoms with Crippen LogP contribution in [0, 0.1) is 6.92 Å². The van der Waals surface area contributed by atoms with Crippen LogP contribution in [0.5, 0.6) is 0 Å². The summed E-state index contributed by atoms with van der Waals surface area (Å²) in [5, 5.41) is 5.29. The van der Waals surface area contributed by atoms with Gasteiger partial charge in [-0.1, -0.05) is 6.92 Å². The number of rotatable bonds is 4. The van der Waals surface area contributed by atoms with Crippen LogP contribution in [-0.4, -0.2) is 14.3 Å². The Morgan fingerprint density at radius 3 is 2.93 bits per heavy atom. The van der Waals surface area contributed by atoms with Crippen LogP contribution in [0.25, 0.3) is 0 Å². The summed E-state index contributed by atoms with van der Waals surface area (Å²) in [6.07, 6.45) is 2.92. The Kier molecular flexibility index (Phi) is 3.27. The average molecular weight is 240 g/mol. The summed E-state index contributed by atoms with van der Waals surface area (Å²) in [4.78, 5) is 9.77. The number of nitrogens with zero attached hydrogens (tertiary/aromatic N) is 3. The summed E-state index contributed by atoms with van der Waals surface area (Å²) in [7, 11) is 0. The van der Waals surface area contributed by atoms with Gasteiger partial charge in [-0.05, 0) is 13.3 Å². The molecular formula is C9H12N4S2. The zero-order valence-electron chi connectivity index (χ0n) is 8.65. The summed E-state index contributed by atoms with van der Waals surface area (Å²) in [6.45, 7) is 4.79. The van der Waals surface area contributed by atoms with Gasteiger partial charge in [0.25, 0.3) is 0 Å².